The van der Waals surface area contributed by atoms with Crippen LogP contribution in [0.4, 0.5) is 8.78 Å². The van der Waals surface area contributed by atoms with Gasteiger partial charge < -0.3 is 4.90 Å². The minimum atomic E-state index is -0.369. The van der Waals surface area contributed by atoms with Gasteiger partial charge in [-0.25, -0.2) is 18.4 Å². The molecule has 7 nitrogen and oxygen atoms in total. The van der Waals surface area contributed by atoms with Crippen LogP contribution < -0.4 is 0 Å². The molecular formula is C21H16F2N6O. The molecule has 1 aliphatic rings. The molecule has 0 spiro atoms. The average molecular weight is 406 g/mol. The van der Waals surface area contributed by atoms with E-state index in [1.807, 2.05) is 0 Å². The monoisotopic (exact) mass is 406 g/mol. The number of fused-ring (bicyclic) bond motifs is 1. The van der Waals surface area contributed by atoms with Crippen molar-refractivity contribution in [2.45, 2.75) is 19.6 Å². The molecular weight excluding hydrogens is 390 g/mol. The number of hydrogen-bond acceptors (Lipinski definition) is 4. The van der Waals surface area contributed by atoms with Crippen LogP contribution in [0.5, 0.6) is 0 Å². The second-order valence-electron chi connectivity index (χ2n) is 7.05. The number of hydrogen-bond donors (Lipinski definition) is 1. The van der Waals surface area contributed by atoms with Crippen molar-refractivity contribution in [2.75, 3.05) is 0 Å². The second-order valence-corrected chi connectivity index (χ2v) is 7.05. The van der Waals surface area contributed by atoms with Gasteiger partial charge in [-0.05, 0) is 48.5 Å². The number of H-pyrrole nitrogens is 1. The smallest absolute Gasteiger partial charge is 0.245 e. The van der Waals surface area contributed by atoms with Gasteiger partial charge in [0.2, 0.25) is 5.91 Å². The summed E-state index contributed by atoms with van der Waals surface area (Å²) in [7, 11) is 0. The van der Waals surface area contributed by atoms with Crippen molar-refractivity contribution in [3.8, 4) is 22.8 Å². The molecule has 0 bridgehead atoms. The highest BCUT2D eigenvalue weighted by atomic mass is 19.1. The molecule has 0 saturated carbocycles. The highest BCUT2D eigenvalue weighted by Crippen LogP contribution is 2.25. The van der Waals surface area contributed by atoms with Crippen molar-refractivity contribution < 1.29 is 13.6 Å². The summed E-state index contributed by atoms with van der Waals surface area (Å²) in [4.78, 5) is 19.1. The van der Waals surface area contributed by atoms with Gasteiger partial charge in [-0.2, -0.15) is 5.10 Å². The standard InChI is InChI=1S/C21H16F2N6O/c22-16-5-1-13(2-6-16)20-25-21(14-3-7-17(23)8-4-14)29(27-20)12-19(30)28-10-15-9-24-26-18(15)11-28/h1-9H,10-12H2,(H,24,26). The molecule has 150 valence electrons. The summed E-state index contributed by atoms with van der Waals surface area (Å²) in [6.45, 7) is 0.911. The Hall–Kier alpha value is -3.88. The van der Waals surface area contributed by atoms with E-state index in [9.17, 15) is 13.6 Å². The zero-order valence-corrected chi connectivity index (χ0v) is 15.7. The highest BCUT2D eigenvalue weighted by Gasteiger charge is 2.26. The summed E-state index contributed by atoms with van der Waals surface area (Å²) >= 11 is 0. The number of amides is 1. The van der Waals surface area contributed by atoms with Crippen LogP contribution in [0.3, 0.4) is 0 Å². The number of aromatic nitrogens is 5. The molecule has 9 heteroatoms. The van der Waals surface area contributed by atoms with E-state index >= 15 is 0 Å². The van der Waals surface area contributed by atoms with E-state index in [0.717, 1.165) is 11.3 Å². The molecule has 0 unspecified atom stereocenters. The summed E-state index contributed by atoms with van der Waals surface area (Å²) in [5.41, 5.74) is 3.16. The van der Waals surface area contributed by atoms with E-state index in [1.54, 1.807) is 35.4 Å². The maximum absolute atomic E-state index is 13.4. The predicted octanol–water partition coefficient (Wildman–Crippen LogP) is 3.16. The van der Waals surface area contributed by atoms with Crippen molar-refractivity contribution in [2.24, 2.45) is 0 Å². The zero-order chi connectivity index (χ0) is 20.7. The third-order valence-corrected chi connectivity index (χ3v) is 5.03. The van der Waals surface area contributed by atoms with Crippen molar-refractivity contribution >= 4 is 5.91 Å². The molecule has 5 rings (SSSR count). The van der Waals surface area contributed by atoms with Crippen molar-refractivity contribution in [3.63, 3.8) is 0 Å². The van der Waals surface area contributed by atoms with Gasteiger partial charge in [-0.15, -0.1) is 5.10 Å². The summed E-state index contributed by atoms with van der Waals surface area (Å²) < 4.78 is 28.2. The van der Waals surface area contributed by atoms with Gasteiger partial charge in [0.05, 0.1) is 18.4 Å². The summed E-state index contributed by atoms with van der Waals surface area (Å²) in [6.07, 6.45) is 1.72. The number of nitrogens with zero attached hydrogens (tertiary/aromatic N) is 5. The maximum Gasteiger partial charge on any atom is 0.245 e. The first kappa shape index (κ1) is 18.2. The fourth-order valence-electron chi connectivity index (χ4n) is 3.45. The Morgan fingerprint density at radius 3 is 2.30 bits per heavy atom. The third kappa shape index (κ3) is 3.34. The predicted molar refractivity (Wildman–Crippen MR) is 104 cm³/mol. The molecule has 0 fully saturated rings. The molecule has 0 aliphatic carbocycles. The molecule has 4 aromatic rings. The number of rotatable bonds is 4. The maximum atomic E-state index is 13.4. The van der Waals surface area contributed by atoms with Crippen LogP contribution in [0.15, 0.2) is 54.7 Å². The number of nitrogens with one attached hydrogen (secondary N) is 1. The third-order valence-electron chi connectivity index (χ3n) is 5.03. The van der Waals surface area contributed by atoms with E-state index in [4.69, 9.17) is 0 Å². The lowest BCUT2D eigenvalue weighted by Gasteiger charge is -2.16. The number of carbonyl (C=O) groups excluding carboxylic acids is 1. The molecule has 1 amide bonds. The Balaban J connectivity index is 1.47. The number of carbonyl (C=O) groups is 1. The van der Waals surface area contributed by atoms with Gasteiger partial charge in [0.1, 0.15) is 18.2 Å². The summed E-state index contributed by atoms with van der Waals surface area (Å²) in [6, 6.07) is 11.6. The molecule has 1 N–H and O–H groups in total. The lowest BCUT2D eigenvalue weighted by atomic mass is 10.2. The van der Waals surface area contributed by atoms with Crippen LogP contribution in [0.2, 0.25) is 0 Å². The molecule has 2 aromatic heterocycles. The lowest BCUT2D eigenvalue weighted by molar-refractivity contribution is -0.132. The molecule has 30 heavy (non-hydrogen) atoms. The minimum absolute atomic E-state index is 0.0292. The van der Waals surface area contributed by atoms with E-state index in [0.29, 0.717) is 35.9 Å². The fourth-order valence-corrected chi connectivity index (χ4v) is 3.45. The Morgan fingerprint density at radius 2 is 1.63 bits per heavy atom. The van der Waals surface area contributed by atoms with Gasteiger partial charge in [0.15, 0.2) is 11.6 Å². The van der Waals surface area contributed by atoms with Crippen LogP contribution in [-0.2, 0) is 24.4 Å². The minimum Gasteiger partial charge on any atom is -0.331 e. The quantitative estimate of drug-likeness (QED) is 0.565. The molecule has 1 aliphatic heterocycles. The van der Waals surface area contributed by atoms with Gasteiger partial charge in [0, 0.05) is 23.2 Å². The van der Waals surface area contributed by atoms with E-state index in [1.165, 1.54) is 28.9 Å². The first-order valence-corrected chi connectivity index (χ1v) is 9.32. The molecule has 3 heterocycles. The normalized spacial score (nSPS) is 12.9. The van der Waals surface area contributed by atoms with Gasteiger partial charge in [-0.3, -0.25) is 9.89 Å². The number of aromatic amines is 1. The van der Waals surface area contributed by atoms with Crippen molar-refractivity contribution in [1.82, 2.24) is 29.9 Å². The van der Waals surface area contributed by atoms with E-state index in [2.05, 4.69) is 20.3 Å². The number of halogens is 2. The van der Waals surface area contributed by atoms with Crippen molar-refractivity contribution in [1.29, 1.82) is 0 Å². The lowest BCUT2D eigenvalue weighted by Crippen LogP contribution is -2.30. The summed E-state index contributed by atoms with van der Waals surface area (Å²) in [5, 5.41) is 11.4. The Kier molecular flexibility index (Phi) is 4.35. The molecule has 0 atom stereocenters. The van der Waals surface area contributed by atoms with Crippen molar-refractivity contribution in [3.05, 3.63) is 77.6 Å². The average Bonchev–Trinajstić information content (AvgIpc) is 3.44. The Morgan fingerprint density at radius 1 is 0.967 bits per heavy atom. The Labute approximate surface area is 170 Å². The molecule has 2 aromatic carbocycles. The SMILES string of the molecule is O=C(Cn1nc(-c2ccc(F)cc2)nc1-c1ccc(F)cc1)N1Cc2cn[nH]c2C1. The number of benzene rings is 2. The fraction of sp³-hybridized carbons (Fsp3) is 0.143. The summed E-state index contributed by atoms with van der Waals surface area (Å²) in [5.74, 6) is -0.0659. The largest absolute Gasteiger partial charge is 0.331 e. The van der Waals surface area contributed by atoms with E-state index in [-0.39, 0.29) is 24.1 Å². The van der Waals surface area contributed by atoms with Crippen LogP contribution in [0.1, 0.15) is 11.3 Å². The second kappa shape index (κ2) is 7.18. The van der Waals surface area contributed by atoms with Crippen LogP contribution >= 0.6 is 0 Å². The first-order valence-electron chi connectivity index (χ1n) is 9.32. The molecule has 0 radical (unpaired) electrons. The van der Waals surface area contributed by atoms with Crippen LogP contribution in [0, 0.1) is 11.6 Å². The first-order chi connectivity index (χ1) is 14.6. The van der Waals surface area contributed by atoms with E-state index < -0.39 is 0 Å². The van der Waals surface area contributed by atoms with Gasteiger partial charge >= 0.3 is 0 Å². The highest BCUT2D eigenvalue weighted by molar-refractivity contribution is 5.77. The van der Waals surface area contributed by atoms with Gasteiger partial charge in [-0.1, -0.05) is 0 Å². The van der Waals surface area contributed by atoms with Crippen LogP contribution in [-0.4, -0.2) is 35.8 Å². The zero-order valence-electron chi connectivity index (χ0n) is 15.7. The van der Waals surface area contributed by atoms with Crippen LogP contribution in [0.25, 0.3) is 22.8 Å². The topological polar surface area (TPSA) is 79.7 Å². The molecule has 0 saturated heterocycles. The Bertz CT molecular complexity index is 1190. The van der Waals surface area contributed by atoms with Gasteiger partial charge in [0.25, 0.3) is 0 Å².